The van der Waals surface area contributed by atoms with Gasteiger partial charge in [0.25, 0.3) is 0 Å². The molecule has 8 aromatic carbocycles. The van der Waals surface area contributed by atoms with Gasteiger partial charge in [-0.2, -0.15) is 0 Å². The lowest BCUT2D eigenvalue weighted by atomic mass is 10.1. The van der Waals surface area contributed by atoms with Crippen LogP contribution in [0.5, 0.6) is 0 Å². The highest BCUT2D eigenvalue weighted by molar-refractivity contribution is 8.01. The van der Waals surface area contributed by atoms with Gasteiger partial charge in [-0.05, 0) is 53.9 Å². The largest absolute Gasteiger partial charge is 0.119 e. The molecule has 0 unspecified atom stereocenters. The second-order valence-corrected chi connectivity index (χ2v) is 15.6. The summed E-state index contributed by atoms with van der Waals surface area (Å²) in [6.45, 7) is 14.0. The zero-order valence-electron chi connectivity index (χ0n) is 20.4. The molecule has 0 nitrogen and oxygen atoms in total. The van der Waals surface area contributed by atoms with E-state index in [0.717, 1.165) is 0 Å². The molecule has 0 bridgehead atoms. The van der Waals surface area contributed by atoms with Crippen molar-refractivity contribution in [1.29, 1.82) is 0 Å². The van der Waals surface area contributed by atoms with Gasteiger partial charge in [-0.25, -0.2) is 0 Å². The molecule has 0 spiro atoms. The van der Waals surface area contributed by atoms with Gasteiger partial charge in [0.1, 0.15) is 0 Å². The lowest BCUT2D eigenvalue weighted by Gasteiger charge is -2.14. The van der Waals surface area contributed by atoms with Crippen molar-refractivity contribution >= 4 is 98.9 Å². The molecule has 8 rings (SSSR count). The molecule has 0 aliphatic carbocycles. The van der Waals surface area contributed by atoms with Gasteiger partial charge in [0, 0.05) is 40.8 Å². The molecular weight excluding hydrogens is 448 g/mol. The molecule has 0 aliphatic heterocycles. The summed E-state index contributed by atoms with van der Waals surface area (Å²) < 4.78 is 0.399. The van der Waals surface area contributed by atoms with Gasteiger partial charge in [-0.1, -0.05) is 90.1 Å². The van der Waals surface area contributed by atoms with Crippen LogP contribution in [0.15, 0.2) is 58.3 Å². The van der Waals surface area contributed by atoms with Crippen LogP contribution in [0.1, 0.15) is 41.5 Å². The summed E-state index contributed by atoms with van der Waals surface area (Å²) in [6.07, 6.45) is 0. The normalized spacial score (nSPS) is 14.4. The summed E-state index contributed by atoms with van der Waals surface area (Å²) >= 11 is 4.07. The van der Waals surface area contributed by atoms with E-state index in [4.69, 9.17) is 0 Å². The van der Waals surface area contributed by atoms with E-state index in [1.807, 2.05) is 23.5 Å². The first-order chi connectivity index (χ1) is 16.1. The minimum absolute atomic E-state index is 0.200. The van der Waals surface area contributed by atoms with Crippen molar-refractivity contribution in [2.45, 2.75) is 60.8 Å². The Hall–Kier alpha value is -2.42. The molecule has 0 heterocycles. The minimum atomic E-state index is 0.200. The summed E-state index contributed by atoms with van der Waals surface area (Å²) in [5, 5.41) is 20.6. The smallest absolute Gasteiger partial charge is 0.0248 e. The highest BCUT2D eigenvalue weighted by Gasteiger charge is 2.33. The number of rotatable bonds is 2. The Bertz CT molecular complexity index is 1870. The molecular formula is C32H26S2. The fraction of sp³-hybridized carbons (Fsp3) is 0.250. The maximum Gasteiger partial charge on any atom is 0.0248 e. The van der Waals surface area contributed by atoms with Gasteiger partial charge in [-0.3, -0.25) is 0 Å². The van der Waals surface area contributed by atoms with Crippen LogP contribution in [-0.2, 0) is 0 Å². The van der Waals surface area contributed by atoms with Gasteiger partial charge in [-0.15, -0.1) is 23.5 Å². The van der Waals surface area contributed by atoms with Crippen molar-refractivity contribution in [1.82, 2.24) is 0 Å². The second kappa shape index (κ2) is 5.86. The average molecular weight is 475 g/mol. The van der Waals surface area contributed by atoms with Gasteiger partial charge in [0.05, 0.1) is 0 Å². The highest BCUT2D eigenvalue weighted by atomic mass is 32.2. The van der Waals surface area contributed by atoms with Crippen molar-refractivity contribution in [2.75, 3.05) is 0 Å². The number of hydrogen-bond acceptors (Lipinski definition) is 2. The van der Waals surface area contributed by atoms with Crippen molar-refractivity contribution < 1.29 is 0 Å². The lowest BCUT2D eigenvalue weighted by Crippen LogP contribution is -2.04. The number of hydrogen-bond donors (Lipinski definition) is 0. The summed E-state index contributed by atoms with van der Waals surface area (Å²) in [5.74, 6) is 0. The van der Waals surface area contributed by atoms with Crippen LogP contribution in [0.3, 0.4) is 0 Å². The summed E-state index contributed by atoms with van der Waals surface area (Å²) in [7, 11) is 0. The molecule has 0 fully saturated rings. The van der Waals surface area contributed by atoms with E-state index in [1.54, 1.807) is 0 Å². The maximum atomic E-state index is 2.42. The molecule has 34 heavy (non-hydrogen) atoms. The van der Waals surface area contributed by atoms with Crippen molar-refractivity contribution in [2.24, 2.45) is 0 Å². The molecule has 0 aliphatic rings. The van der Waals surface area contributed by atoms with Crippen molar-refractivity contribution in [3.8, 4) is 0 Å². The molecule has 0 N–H and O–H groups in total. The quantitative estimate of drug-likeness (QED) is 0.228. The Morgan fingerprint density at radius 1 is 0.382 bits per heavy atom. The first-order valence-corrected chi connectivity index (χ1v) is 13.8. The Balaban J connectivity index is 1.61. The van der Waals surface area contributed by atoms with Crippen LogP contribution in [0, 0.1) is 0 Å². The minimum Gasteiger partial charge on any atom is -0.119 e. The SMILES string of the molecule is CC(C)(C)Sc1c2c3cccc3c3c4c5cccc5c5c(SC(C)(C)C)c5c5ccc(c12)c5c34. The molecule has 0 amide bonds. The lowest BCUT2D eigenvalue weighted by molar-refractivity contribution is 0.804. The number of thioether (sulfide) groups is 2. The summed E-state index contributed by atoms with van der Waals surface area (Å²) in [4.78, 5) is 3.01. The van der Waals surface area contributed by atoms with Crippen LogP contribution in [-0.4, -0.2) is 9.49 Å². The van der Waals surface area contributed by atoms with Crippen molar-refractivity contribution in [3.63, 3.8) is 0 Å². The predicted octanol–water partition coefficient (Wildman–Crippen LogP) is 10.7. The van der Waals surface area contributed by atoms with Crippen LogP contribution < -0.4 is 0 Å². The summed E-state index contributed by atoms with van der Waals surface area (Å²) in [6, 6.07) is 18.7. The van der Waals surface area contributed by atoms with E-state index in [0.29, 0.717) is 0 Å². The van der Waals surface area contributed by atoms with Crippen molar-refractivity contribution in [3.05, 3.63) is 48.5 Å². The zero-order chi connectivity index (χ0) is 23.3. The Labute approximate surface area is 207 Å². The summed E-state index contributed by atoms with van der Waals surface area (Å²) in [5.41, 5.74) is 0. The van der Waals surface area contributed by atoms with Gasteiger partial charge < -0.3 is 0 Å². The Kier molecular flexibility index (Phi) is 3.42. The average Bonchev–Trinajstić information content (AvgIpc) is 3.55. The third-order valence-electron chi connectivity index (χ3n) is 7.24. The fourth-order valence-corrected chi connectivity index (χ4v) is 8.42. The van der Waals surface area contributed by atoms with E-state index < -0.39 is 0 Å². The Morgan fingerprint density at radius 3 is 1.12 bits per heavy atom. The third kappa shape index (κ3) is 2.49. The van der Waals surface area contributed by atoms with Crippen LogP contribution in [0.2, 0.25) is 0 Å². The van der Waals surface area contributed by atoms with E-state index >= 15 is 0 Å². The molecule has 2 heteroatoms. The van der Waals surface area contributed by atoms with Gasteiger partial charge >= 0.3 is 0 Å². The molecule has 0 saturated heterocycles. The van der Waals surface area contributed by atoms with Gasteiger partial charge in [0.2, 0.25) is 0 Å². The first kappa shape index (κ1) is 19.8. The molecule has 8 aromatic rings. The first-order valence-electron chi connectivity index (χ1n) is 12.2. The van der Waals surface area contributed by atoms with E-state index in [1.165, 1.54) is 85.2 Å². The standard InChI is InChI=1S/C32H26S2/c1-31(2,3)33-29-24-17-11-7-9-15(17)22-23-16-10-8-12-18(16)25-27(30(25)34-32(4,5)6)20-14-13-19(26(24)29)21(20)28(22)23/h7-14H,1-6H3. The fourth-order valence-electron chi connectivity index (χ4n) is 6.04. The molecule has 0 aromatic heterocycles. The molecule has 166 valence electrons. The molecule has 0 radical (unpaired) electrons. The maximum absolute atomic E-state index is 2.42. The Morgan fingerprint density at radius 2 is 0.735 bits per heavy atom. The van der Waals surface area contributed by atoms with Crippen LogP contribution in [0.25, 0.3) is 75.4 Å². The van der Waals surface area contributed by atoms with E-state index in [2.05, 4.69) is 90.1 Å². The second-order valence-electron chi connectivity index (χ2n) is 12.0. The van der Waals surface area contributed by atoms with E-state index in [-0.39, 0.29) is 9.49 Å². The topological polar surface area (TPSA) is 0 Å². The monoisotopic (exact) mass is 474 g/mol. The highest BCUT2D eigenvalue weighted by Crippen LogP contribution is 2.61. The molecule has 0 saturated carbocycles. The zero-order valence-corrected chi connectivity index (χ0v) is 22.1. The van der Waals surface area contributed by atoms with Crippen LogP contribution >= 0.6 is 23.5 Å². The van der Waals surface area contributed by atoms with Crippen LogP contribution in [0.4, 0.5) is 0 Å². The van der Waals surface area contributed by atoms with E-state index in [9.17, 15) is 0 Å². The predicted molar refractivity (Wildman–Crippen MR) is 156 cm³/mol. The molecule has 0 atom stereocenters. The number of fused-ring (bicyclic) bond motifs is 11. The third-order valence-corrected chi connectivity index (χ3v) is 9.69. The van der Waals surface area contributed by atoms with Gasteiger partial charge in [0.15, 0.2) is 0 Å².